The Bertz CT molecular complexity index is 1070. The van der Waals surface area contributed by atoms with Gasteiger partial charge in [0.05, 0.1) is 32.8 Å². The molecule has 0 radical (unpaired) electrons. The van der Waals surface area contributed by atoms with Crippen LogP contribution in [0, 0.1) is 5.92 Å². The van der Waals surface area contributed by atoms with E-state index in [1.54, 1.807) is 12.1 Å². The fraction of sp³-hybridized carbons (Fsp3) is 0.381. The standard InChI is InChI=1S/C21H23N3O5S/c1-27-13-8-10(9-14(28-2)18(13)29-3)15-16-11(6-5-7-12(16)25)22-19-17(15)20(26)24-21(23-19)30-4/h6,8-9,15-16H,5,7H2,1-4H3,(H2,22,23,24,26). The van der Waals surface area contributed by atoms with E-state index in [1.807, 2.05) is 12.3 Å². The van der Waals surface area contributed by atoms with E-state index < -0.39 is 11.8 Å². The van der Waals surface area contributed by atoms with Gasteiger partial charge in [-0.1, -0.05) is 17.8 Å². The highest BCUT2D eigenvalue weighted by atomic mass is 32.2. The number of ketones is 1. The van der Waals surface area contributed by atoms with Gasteiger partial charge in [-0.25, -0.2) is 4.98 Å². The number of hydrogen-bond acceptors (Lipinski definition) is 8. The lowest BCUT2D eigenvalue weighted by atomic mass is 9.72. The van der Waals surface area contributed by atoms with Crippen molar-refractivity contribution in [1.82, 2.24) is 9.97 Å². The van der Waals surface area contributed by atoms with E-state index in [-0.39, 0.29) is 11.3 Å². The average molecular weight is 429 g/mol. The van der Waals surface area contributed by atoms with Crippen LogP contribution < -0.4 is 25.1 Å². The van der Waals surface area contributed by atoms with Gasteiger partial charge < -0.3 is 24.5 Å². The number of aromatic amines is 1. The summed E-state index contributed by atoms with van der Waals surface area (Å²) in [6, 6.07) is 3.59. The van der Waals surface area contributed by atoms with E-state index in [2.05, 4.69) is 15.3 Å². The van der Waals surface area contributed by atoms with Gasteiger partial charge in [-0.05, 0) is 30.4 Å². The molecular weight excluding hydrogens is 406 g/mol. The molecule has 1 aliphatic carbocycles. The van der Waals surface area contributed by atoms with Crippen molar-refractivity contribution in [1.29, 1.82) is 0 Å². The van der Waals surface area contributed by atoms with Gasteiger partial charge in [0.15, 0.2) is 16.7 Å². The van der Waals surface area contributed by atoms with Crippen molar-refractivity contribution in [2.75, 3.05) is 32.9 Å². The zero-order valence-corrected chi connectivity index (χ0v) is 18.0. The van der Waals surface area contributed by atoms with Crippen molar-refractivity contribution in [3.8, 4) is 17.2 Å². The van der Waals surface area contributed by atoms with Gasteiger partial charge in [-0.15, -0.1) is 0 Å². The first-order chi connectivity index (χ1) is 14.5. The van der Waals surface area contributed by atoms with Gasteiger partial charge in [-0.3, -0.25) is 9.59 Å². The number of carbonyl (C=O) groups excluding carboxylic acids is 1. The number of carbonyl (C=O) groups is 1. The van der Waals surface area contributed by atoms with E-state index in [1.165, 1.54) is 33.1 Å². The van der Waals surface area contributed by atoms with Gasteiger partial charge >= 0.3 is 0 Å². The molecule has 0 saturated carbocycles. The summed E-state index contributed by atoms with van der Waals surface area (Å²) in [4.78, 5) is 33.4. The summed E-state index contributed by atoms with van der Waals surface area (Å²) in [6.45, 7) is 0. The molecule has 0 saturated heterocycles. The molecule has 4 rings (SSSR count). The summed E-state index contributed by atoms with van der Waals surface area (Å²) < 4.78 is 16.4. The van der Waals surface area contributed by atoms with Crippen LogP contribution in [0.5, 0.6) is 17.2 Å². The second-order valence-corrected chi connectivity index (χ2v) is 7.84. The van der Waals surface area contributed by atoms with Crippen LogP contribution in [0.3, 0.4) is 0 Å². The van der Waals surface area contributed by atoms with E-state index in [0.29, 0.717) is 46.6 Å². The highest BCUT2D eigenvalue weighted by Crippen LogP contribution is 2.48. The molecule has 8 nitrogen and oxygen atoms in total. The Hall–Kier alpha value is -2.94. The molecule has 2 unspecified atom stereocenters. The number of ether oxygens (including phenoxy) is 3. The number of H-pyrrole nitrogens is 1. The number of hydrogen-bond donors (Lipinski definition) is 2. The average Bonchev–Trinajstić information content (AvgIpc) is 2.76. The van der Waals surface area contributed by atoms with E-state index in [4.69, 9.17) is 14.2 Å². The summed E-state index contributed by atoms with van der Waals surface area (Å²) in [5.74, 6) is 0.903. The van der Waals surface area contributed by atoms with Crippen molar-refractivity contribution in [2.45, 2.75) is 23.9 Å². The summed E-state index contributed by atoms with van der Waals surface area (Å²) in [5.41, 5.74) is 1.66. The minimum absolute atomic E-state index is 0.0812. The number of nitrogens with zero attached hydrogens (tertiary/aromatic N) is 1. The van der Waals surface area contributed by atoms with Gasteiger partial charge in [0.1, 0.15) is 11.6 Å². The summed E-state index contributed by atoms with van der Waals surface area (Å²) in [7, 11) is 4.60. The number of thioether (sulfide) groups is 1. The Morgan fingerprint density at radius 3 is 2.37 bits per heavy atom. The molecule has 1 aliphatic heterocycles. The molecule has 0 fully saturated rings. The molecule has 1 aromatic heterocycles. The highest BCUT2D eigenvalue weighted by molar-refractivity contribution is 7.98. The van der Waals surface area contributed by atoms with Crippen LogP contribution in [-0.2, 0) is 4.79 Å². The van der Waals surface area contributed by atoms with Crippen LogP contribution in [-0.4, -0.2) is 43.3 Å². The number of benzene rings is 1. The predicted molar refractivity (Wildman–Crippen MR) is 114 cm³/mol. The van der Waals surface area contributed by atoms with E-state index in [0.717, 1.165) is 11.3 Å². The lowest BCUT2D eigenvalue weighted by Gasteiger charge is -2.36. The Labute approximate surface area is 178 Å². The normalized spacial score (nSPS) is 19.9. The van der Waals surface area contributed by atoms with E-state index in [9.17, 15) is 9.59 Å². The molecule has 2 atom stereocenters. The van der Waals surface area contributed by atoms with Crippen LogP contribution in [0.1, 0.15) is 29.9 Å². The second-order valence-electron chi connectivity index (χ2n) is 7.04. The monoisotopic (exact) mass is 429 g/mol. The molecule has 0 amide bonds. The minimum atomic E-state index is -0.527. The van der Waals surface area contributed by atoms with Gasteiger partial charge in [0, 0.05) is 18.0 Å². The number of anilines is 1. The number of methoxy groups -OCH3 is 3. The number of fused-ring (bicyclic) bond motifs is 2. The number of nitrogens with one attached hydrogen (secondary N) is 2. The molecule has 0 bridgehead atoms. The molecule has 9 heteroatoms. The van der Waals surface area contributed by atoms with Crippen molar-refractivity contribution in [3.63, 3.8) is 0 Å². The first-order valence-corrected chi connectivity index (χ1v) is 10.7. The lowest BCUT2D eigenvalue weighted by molar-refractivity contribution is -0.122. The van der Waals surface area contributed by atoms with Crippen LogP contribution >= 0.6 is 11.8 Å². The number of allylic oxidation sites excluding steroid dienone is 2. The molecule has 2 aliphatic rings. The predicted octanol–water partition coefficient (Wildman–Crippen LogP) is 2.94. The van der Waals surface area contributed by atoms with Gasteiger partial charge in [0.2, 0.25) is 5.75 Å². The molecule has 30 heavy (non-hydrogen) atoms. The number of aromatic nitrogens is 2. The zero-order valence-electron chi connectivity index (χ0n) is 17.2. The number of rotatable bonds is 5. The first-order valence-electron chi connectivity index (χ1n) is 9.50. The van der Waals surface area contributed by atoms with Crippen molar-refractivity contribution in [2.24, 2.45) is 5.92 Å². The van der Waals surface area contributed by atoms with Crippen LogP contribution in [0.2, 0.25) is 0 Å². The molecule has 2 aromatic rings. The van der Waals surface area contributed by atoms with Crippen LogP contribution in [0.4, 0.5) is 5.82 Å². The third-order valence-electron chi connectivity index (χ3n) is 5.52. The lowest BCUT2D eigenvalue weighted by Crippen LogP contribution is -2.38. The largest absolute Gasteiger partial charge is 0.493 e. The Balaban J connectivity index is 2.00. The number of Topliss-reactive ketones (excluding diaryl/α,β-unsaturated/α-hetero) is 1. The topological polar surface area (TPSA) is 103 Å². The molecule has 0 spiro atoms. The molecular formula is C21H23N3O5S. The smallest absolute Gasteiger partial charge is 0.257 e. The van der Waals surface area contributed by atoms with E-state index >= 15 is 0 Å². The van der Waals surface area contributed by atoms with Gasteiger partial charge in [-0.2, -0.15) is 0 Å². The van der Waals surface area contributed by atoms with Crippen LogP contribution in [0.15, 0.2) is 33.9 Å². The third kappa shape index (κ3) is 3.23. The maximum Gasteiger partial charge on any atom is 0.257 e. The van der Waals surface area contributed by atoms with Crippen LogP contribution in [0.25, 0.3) is 0 Å². The Morgan fingerprint density at radius 2 is 1.77 bits per heavy atom. The summed E-state index contributed by atoms with van der Waals surface area (Å²) >= 11 is 1.35. The Kier molecular flexibility index (Phi) is 5.46. The van der Waals surface area contributed by atoms with Crippen molar-refractivity contribution >= 4 is 23.4 Å². The molecule has 2 heterocycles. The second kappa shape index (κ2) is 8.06. The van der Waals surface area contributed by atoms with Gasteiger partial charge in [0.25, 0.3) is 5.56 Å². The summed E-state index contributed by atoms with van der Waals surface area (Å²) in [5, 5.41) is 3.74. The highest BCUT2D eigenvalue weighted by Gasteiger charge is 2.43. The summed E-state index contributed by atoms with van der Waals surface area (Å²) in [6.07, 6.45) is 4.95. The molecule has 1 aromatic carbocycles. The Morgan fingerprint density at radius 1 is 1.07 bits per heavy atom. The fourth-order valence-corrected chi connectivity index (χ4v) is 4.58. The SMILES string of the molecule is COc1cc(C2c3c(nc(SC)[nH]c3=O)NC3=CCCC(=O)C32)cc(OC)c1OC. The quantitative estimate of drug-likeness (QED) is 0.553. The molecule has 158 valence electrons. The van der Waals surface area contributed by atoms with Crippen molar-refractivity contribution < 1.29 is 19.0 Å². The maximum absolute atomic E-state index is 13.1. The zero-order chi connectivity index (χ0) is 21.4. The fourth-order valence-electron chi connectivity index (χ4n) is 4.21. The minimum Gasteiger partial charge on any atom is -0.493 e. The maximum atomic E-state index is 13.1. The third-order valence-corrected chi connectivity index (χ3v) is 6.10. The molecule has 2 N–H and O–H groups in total. The first kappa shape index (κ1) is 20.3. The van der Waals surface area contributed by atoms with Crippen molar-refractivity contribution in [3.05, 3.63) is 45.4 Å².